The molecule has 88 valence electrons. The molecule has 0 aliphatic carbocycles. The second kappa shape index (κ2) is 5.46. The topological polar surface area (TPSA) is 88.0 Å². The number of aromatic nitrogens is 3. The Bertz CT molecular complexity index is 500. The Morgan fingerprint density at radius 2 is 2.35 bits per heavy atom. The van der Waals surface area contributed by atoms with Gasteiger partial charge in [0, 0.05) is 24.3 Å². The van der Waals surface area contributed by atoms with Crippen molar-refractivity contribution in [2.45, 2.75) is 0 Å². The van der Waals surface area contributed by atoms with Crippen LogP contribution < -0.4 is 5.32 Å². The van der Waals surface area contributed by atoms with Crippen LogP contribution in [0, 0.1) is 0 Å². The Morgan fingerprint density at radius 3 is 3.06 bits per heavy atom. The summed E-state index contributed by atoms with van der Waals surface area (Å²) in [5.41, 5.74) is 0.961. The van der Waals surface area contributed by atoms with Gasteiger partial charge in [-0.15, -0.1) is 11.3 Å². The van der Waals surface area contributed by atoms with E-state index in [1.807, 2.05) is 0 Å². The van der Waals surface area contributed by atoms with Crippen LogP contribution in [-0.2, 0) is 0 Å². The van der Waals surface area contributed by atoms with E-state index in [1.165, 1.54) is 11.3 Å². The summed E-state index contributed by atoms with van der Waals surface area (Å²) in [5, 5.41) is 13.4. The second-order valence-electron chi connectivity index (χ2n) is 3.11. The SMILES string of the molecule is O=C(NCCO)c1csc(-c2cnccn2)n1. The van der Waals surface area contributed by atoms with Crippen molar-refractivity contribution in [3.63, 3.8) is 0 Å². The Hall–Kier alpha value is -1.86. The lowest BCUT2D eigenvalue weighted by molar-refractivity contribution is 0.0940. The molecule has 2 rings (SSSR count). The van der Waals surface area contributed by atoms with Crippen molar-refractivity contribution < 1.29 is 9.90 Å². The minimum absolute atomic E-state index is 0.0904. The van der Waals surface area contributed by atoms with E-state index in [-0.39, 0.29) is 19.1 Å². The maximum Gasteiger partial charge on any atom is 0.270 e. The summed E-state index contributed by atoms with van der Waals surface area (Å²) in [5.74, 6) is -0.301. The number of hydrogen-bond acceptors (Lipinski definition) is 6. The lowest BCUT2D eigenvalue weighted by Gasteiger charge is -1.98. The molecule has 2 heterocycles. The van der Waals surface area contributed by atoms with Crippen LogP contribution in [0.25, 0.3) is 10.7 Å². The third kappa shape index (κ3) is 2.83. The van der Waals surface area contributed by atoms with Crippen LogP contribution in [0.4, 0.5) is 0 Å². The smallest absolute Gasteiger partial charge is 0.270 e. The molecule has 0 spiro atoms. The third-order valence-corrected chi connectivity index (χ3v) is 2.78. The lowest BCUT2D eigenvalue weighted by atomic mass is 10.4. The molecule has 0 radical (unpaired) electrons. The predicted octanol–water partition coefficient (Wildman–Crippen LogP) is 0.322. The van der Waals surface area contributed by atoms with Crippen molar-refractivity contribution in [3.05, 3.63) is 29.7 Å². The molecule has 17 heavy (non-hydrogen) atoms. The zero-order valence-electron chi connectivity index (χ0n) is 8.83. The molecule has 2 aromatic heterocycles. The maximum atomic E-state index is 11.5. The molecule has 0 saturated carbocycles. The molecule has 0 aliphatic heterocycles. The van der Waals surface area contributed by atoms with E-state index >= 15 is 0 Å². The van der Waals surface area contributed by atoms with Gasteiger partial charge in [0.15, 0.2) is 0 Å². The number of nitrogens with zero attached hydrogens (tertiary/aromatic N) is 3. The van der Waals surface area contributed by atoms with Crippen molar-refractivity contribution in [2.24, 2.45) is 0 Å². The minimum atomic E-state index is -0.301. The molecule has 2 N–H and O–H groups in total. The largest absolute Gasteiger partial charge is 0.395 e. The first-order valence-corrected chi connectivity index (χ1v) is 5.80. The van der Waals surface area contributed by atoms with Crippen molar-refractivity contribution in [3.8, 4) is 10.7 Å². The summed E-state index contributed by atoms with van der Waals surface area (Å²) in [6.45, 7) is 0.129. The molecule has 0 bridgehead atoms. The van der Waals surface area contributed by atoms with Crippen molar-refractivity contribution in [1.82, 2.24) is 20.3 Å². The highest BCUT2D eigenvalue weighted by Crippen LogP contribution is 2.20. The fourth-order valence-corrected chi connectivity index (χ4v) is 1.93. The predicted molar refractivity (Wildman–Crippen MR) is 62.6 cm³/mol. The van der Waals surface area contributed by atoms with E-state index in [0.717, 1.165) is 0 Å². The first-order chi connectivity index (χ1) is 8.31. The van der Waals surface area contributed by atoms with Crippen LogP contribution in [0.15, 0.2) is 24.0 Å². The number of aliphatic hydroxyl groups excluding tert-OH is 1. The summed E-state index contributed by atoms with van der Waals surface area (Å²) < 4.78 is 0. The molecular weight excluding hydrogens is 240 g/mol. The summed E-state index contributed by atoms with van der Waals surface area (Å²) in [6, 6.07) is 0. The fourth-order valence-electron chi connectivity index (χ4n) is 1.17. The van der Waals surface area contributed by atoms with Crippen LogP contribution in [0.5, 0.6) is 0 Å². The van der Waals surface area contributed by atoms with Crippen molar-refractivity contribution >= 4 is 17.2 Å². The molecule has 7 heteroatoms. The highest BCUT2D eigenvalue weighted by Gasteiger charge is 2.11. The van der Waals surface area contributed by atoms with E-state index < -0.39 is 0 Å². The van der Waals surface area contributed by atoms with Gasteiger partial charge in [-0.2, -0.15) is 0 Å². The normalized spacial score (nSPS) is 10.2. The molecule has 0 aliphatic rings. The summed E-state index contributed by atoms with van der Waals surface area (Å²) in [6.07, 6.45) is 4.74. The Morgan fingerprint density at radius 1 is 1.47 bits per heavy atom. The molecule has 0 unspecified atom stereocenters. The Kier molecular flexibility index (Phi) is 3.73. The van der Waals surface area contributed by atoms with Gasteiger partial charge in [0.05, 0.1) is 12.8 Å². The number of carbonyl (C=O) groups excluding carboxylic acids is 1. The monoisotopic (exact) mass is 250 g/mol. The molecule has 2 aromatic rings. The lowest BCUT2D eigenvalue weighted by Crippen LogP contribution is -2.26. The molecule has 0 fully saturated rings. The molecule has 0 atom stereocenters. The quantitative estimate of drug-likeness (QED) is 0.816. The van der Waals surface area contributed by atoms with Crippen LogP contribution in [-0.4, -0.2) is 39.1 Å². The number of nitrogens with one attached hydrogen (secondary N) is 1. The average molecular weight is 250 g/mol. The van der Waals surface area contributed by atoms with E-state index in [0.29, 0.717) is 16.4 Å². The van der Waals surface area contributed by atoms with Gasteiger partial charge in [-0.25, -0.2) is 4.98 Å². The van der Waals surface area contributed by atoms with Gasteiger partial charge in [0.25, 0.3) is 5.91 Å². The van der Waals surface area contributed by atoms with Crippen LogP contribution >= 0.6 is 11.3 Å². The fraction of sp³-hybridized carbons (Fsp3) is 0.200. The number of carbonyl (C=O) groups is 1. The third-order valence-electron chi connectivity index (χ3n) is 1.92. The molecule has 1 amide bonds. The van der Waals surface area contributed by atoms with Gasteiger partial charge in [0.2, 0.25) is 0 Å². The number of thiazole rings is 1. The number of rotatable bonds is 4. The minimum Gasteiger partial charge on any atom is -0.395 e. The van der Waals surface area contributed by atoms with Crippen LogP contribution in [0.2, 0.25) is 0 Å². The first kappa shape index (κ1) is 11.6. The average Bonchev–Trinajstić information content (AvgIpc) is 2.86. The Labute approximate surface area is 101 Å². The zero-order chi connectivity index (χ0) is 12.1. The molecule has 0 saturated heterocycles. The number of amides is 1. The molecular formula is C10H10N4O2S. The van der Waals surface area contributed by atoms with E-state index in [2.05, 4.69) is 20.3 Å². The van der Waals surface area contributed by atoms with Gasteiger partial charge in [-0.05, 0) is 0 Å². The highest BCUT2D eigenvalue weighted by atomic mass is 32.1. The van der Waals surface area contributed by atoms with Gasteiger partial charge in [0.1, 0.15) is 16.4 Å². The zero-order valence-corrected chi connectivity index (χ0v) is 9.65. The highest BCUT2D eigenvalue weighted by molar-refractivity contribution is 7.13. The van der Waals surface area contributed by atoms with E-state index in [1.54, 1.807) is 24.0 Å². The van der Waals surface area contributed by atoms with E-state index in [4.69, 9.17) is 5.11 Å². The van der Waals surface area contributed by atoms with Gasteiger partial charge >= 0.3 is 0 Å². The number of hydrogen-bond donors (Lipinski definition) is 2. The van der Waals surface area contributed by atoms with Crippen LogP contribution in [0.3, 0.4) is 0 Å². The first-order valence-electron chi connectivity index (χ1n) is 4.92. The second-order valence-corrected chi connectivity index (χ2v) is 3.97. The standard InChI is InChI=1S/C10H10N4O2S/c15-4-3-13-9(16)8-6-17-10(14-8)7-5-11-1-2-12-7/h1-2,5-6,15H,3-4H2,(H,13,16). The number of aliphatic hydroxyl groups is 1. The Balaban J connectivity index is 2.14. The van der Waals surface area contributed by atoms with Crippen molar-refractivity contribution in [1.29, 1.82) is 0 Å². The summed E-state index contributed by atoms with van der Waals surface area (Å²) in [7, 11) is 0. The molecule has 6 nitrogen and oxygen atoms in total. The summed E-state index contributed by atoms with van der Waals surface area (Å²) in [4.78, 5) is 23.7. The van der Waals surface area contributed by atoms with Gasteiger partial charge < -0.3 is 10.4 Å². The van der Waals surface area contributed by atoms with Gasteiger partial charge in [-0.1, -0.05) is 0 Å². The summed E-state index contributed by atoms with van der Waals surface area (Å²) >= 11 is 1.33. The van der Waals surface area contributed by atoms with Crippen molar-refractivity contribution in [2.75, 3.05) is 13.2 Å². The van der Waals surface area contributed by atoms with Gasteiger partial charge in [-0.3, -0.25) is 14.8 Å². The molecule has 0 aromatic carbocycles. The maximum absolute atomic E-state index is 11.5. The van der Waals surface area contributed by atoms with Crippen LogP contribution in [0.1, 0.15) is 10.5 Å². The van der Waals surface area contributed by atoms with E-state index in [9.17, 15) is 4.79 Å².